The van der Waals surface area contributed by atoms with Crippen molar-refractivity contribution in [2.24, 2.45) is 0 Å². The molecular formula is C9H11N3O5S. The Hall–Kier alpha value is -2.03. The lowest BCUT2D eigenvalue weighted by Gasteiger charge is -2.24. The van der Waals surface area contributed by atoms with Crippen molar-refractivity contribution < 1.29 is 19.2 Å². The van der Waals surface area contributed by atoms with E-state index in [-0.39, 0.29) is 10.1 Å². The fourth-order valence-corrected chi connectivity index (χ4v) is 2.14. The van der Waals surface area contributed by atoms with Crippen molar-refractivity contribution in [2.45, 2.75) is 27.0 Å². The highest BCUT2D eigenvalue weighted by Gasteiger charge is 2.26. The highest BCUT2D eigenvalue weighted by atomic mass is 32.1. The summed E-state index contributed by atoms with van der Waals surface area (Å²) in [5.74, 6) is -0.979. The van der Waals surface area contributed by atoms with Crippen molar-refractivity contribution in [3.05, 3.63) is 16.3 Å². The number of thiazole rings is 1. The maximum absolute atomic E-state index is 11.5. The molecule has 1 unspecified atom stereocenters. The van der Waals surface area contributed by atoms with E-state index in [9.17, 15) is 19.7 Å². The summed E-state index contributed by atoms with van der Waals surface area (Å²) in [6.07, 6.45) is 0.182. The Bertz CT molecular complexity index is 486. The zero-order valence-corrected chi connectivity index (χ0v) is 10.8. The average molecular weight is 273 g/mol. The quantitative estimate of drug-likeness (QED) is 0.354. The number of anilines is 1. The first-order valence-corrected chi connectivity index (χ1v) is 5.71. The SMILES string of the molecule is CC(=O)OC(C)N(C(C)=O)c1ncc([N+](=O)[O-])s1. The second kappa shape index (κ2) is 5.54. The number of hydrogen-bond acceptors (Lipinski definition) is 7. The topological polar surface area (TPSA) is 103 Å². The zero-order valence-electron chi connectivity index (χ0n) is 9.95. The second-order valence-electron chi connectivity index (χ2n) is 3.34. The van der Waals surface area contributed by atoms with Crippen molar-refractivity contribution in [1.29, 1.82) is 0 Å². The maximum atomic E-state index is 11.5. The number of rotatable bonds is 4. The zero-order chi connectivity index (χ0) is 13.9. The van der Waals surface area contributed by atoms with E-state index < -0.39 is 23.0 Å². The van der Waals surface area contributed by atoms with Crippen LogP contribution in [0.2, 0.25) is 0 Å². The van der Waals surface area contributed by atoms with Crippen LogP contribution in [0.1, 0.15) is 20.8 Å². The number of nitrogens with zero attached hydrogens (tertiary/aromatic N) is 3. The van der Waals surface area contributed by atoms with Gasteiger partial charge in [-0.15, -0.1) is 0 Å². The van der Waals surface area contributed by atoms with Gasteiger partial charge in [-0.3, -0.25) is 24.6 Å². The van der Waals surface area contributed by atoms with Gasteiger partial charge in [-0.25, -0.2) is 4.98 Å². The molecule has 1 amide bonds. The molecule has 0 aromatic carbocycles. The van der Waals surface area contributed by atoms with Gasteiger partial charge in [0, 0.05) is 13.8 Å². The predicted octanol–water partition coefficient (Wildman–Crippen LogP) is 1.31. The van der Waals surface area contributed by atoms with Gasteiger partial charge in [0.25, 0.3) is 0 Å². The molecule has 1 atom stereocenters. The molecule has 18 heavy (non-hydrogen) atoms. The lowest BCUT2D eigenvalue weighted by Crippen LogP contribution is -2.39. The Balaban J connectivity index is 3.00. The molecule has 0 bridgehead atoms. The van der Waals surface area contributed by atoms with Gasteiger partial charge in [0.2, 0.25) is 11.0 Å². The molecule has 0 aliphatic carbocycles. The van der Waals surface area contributed by atoms with Gasteiger partial charge in [-0.2, -0.15) is 0 Å². The Morgan fingerprint density at radius 3 is 2.56 bits per heavy atom. The van der Waals surface area contributed by atoms with E-state index >= 15 is 0 Å². The standard InChI is InChI=1S/C9H11N3O5S/c1-5(13)11(6(2)17-7(3)14)9-10-4-8(18-9)12(15)16/h4,6H,1-3H3. The van der Waals surface area contributed by atoms with Crippen LogP contribution in [0.3, 0.4) is 0 Å². The van der Waals surface area contributed by atoms with E-state index in [2.05, 4.69) is 4.98 Å². The van der Waals surface area contributed by atoms with Crippen LogP contribution >= 0.6 is 11.3 Å². The highest BCUT2D eigenvalue weighted by molar-refractivity contribution is 7.18. The lowest BCUT2D eigenvalue weighted by atomic mass is 10.5. The molecule has 1 heterocycles. The molecule has 0 fully saturated rings. The molecule has 0 spiro atoms. The van der Waals surface area contributed by atoms with Crippen LogP contribution in [0.4, 0.5) is 10.1 Å². The number of esters is 1. The number of nitro groups is 1. The van der Waals surface area contributed by atoms with E-state index in [1.165, 1.54) is 20.8 Å². The molecule has 0 N–H and O–H groups in total. The molecule has 1 aromatic rings. The van der Waals surface area contributed by atoms with E-state index in [0.29, 0.717) is 0 Å². The van der Waals surface area contributed by atoms with Gasteiger partial charge in [0.05, 0.1) is 4.92 Å². The molecular weight excluding hydrogens is 262 g/mol. The van der Waals surface area contributed by atoms with E-state index in [1.54, 1.807) is 0 Å². The number of carbonyl (C=O) groups excluding carboxylic acids is 2. The molecule has 8 nitrogen and oxygen atoms in total. The highest BCUT2D eigenvalue weighted by Crippen LogP contribution is 2.29. The van der Waals surface area contributed by atoms with Crippen LogP contribution in [0, 0.1) is 10.1 Å². The summed E-state index contributed by atoms with van der Waals surface area (Å²) in [7, 11) is 0. The van der Waals surface area contributed by atoms with Gasteiger partial charge >= 0.3 is 11.0 Å². The van der Waals surface area contributed by atoms with Crippen molar-refractivity contribution in [1.82, 2.24) is 4.98 Å². The van der Waals surface area contributed by atoms with Gasteiger partial charge in [-0.1, -0.05) is 0 Å². The lowest BCUT2D eigenvalue weighted by molar-refractivity contribution is -0.380. The monoisotopic (exact) mass is 273 g/mol. The molecule has 0 radical (unpaired) electrons. The van der Waals surface area contributed by atoms with Crippen molar-refractivity contribution in [3.8, 4) is 0 Å². The molecule has 1 aromatic heterocycles. The summed E-state index contributed by atoms with van der Waals surface area (Å²) >= 11 is 0.736. The third-order valence-electron chi connectivity index (χ3n) is 1.91. The van der Waals surface area contributed by atoms with Crippen molar-refractivity contribution in [2.75, 3.05) is 4.90 Å². The summed E-state index contributed by atoms with van der Waals surface area (Å²) in [6, 6.07) is 0. The summed E-state index contributed by atoms with van der Waals surface area (Å²) in [4.78, 5) is 37.1. The smallest absolute Gasteiger partial charge is 0.345 e. The first-order chi connectivity index (χ1) is 8.32. The van der Waals surface area contributed by atoms with Gasteiger partial charge in [-0.05, 0) is 18.3 Å². The number of ether oxygens (including phenoxy) is 1. The molecule has 1 rings (SSSR count). The fourth-order valence-electron chi connectivity index (χ4n) is 1.29. The molecule has 0 saturated carbocycles. The van der Waals surface area contributed by atoms with Gasteiger partial charge in [0.15, 0.2) is 6.23 Å². The number of aromatic nitrogens is 1. The summed E-state index contributed by atoms with van der Waals surface area (Å²) in [5.41, 5.74) is 0. The Kier molecular flexibility index (Phi) is 4.32. The van der Waals surface area contributed by atoms with E-state index in [4.69, 9.17) is 4.74 Å². The third kappa shape index (κ3) is 3.23. The van der Waals surface area contributed by atoms with Crippen LogP contribution in [0.25, 0.3) is 0 Å². The molecule has 0 aliphatic rings. The van der Waals surface area contributed by atoms with Crippen LogP contribution in [0.15, 0.2) is 6.20 Å². The largest absolute Gasteiger partial charge is 0.442 e. The van der Waals surface area contributed by atoms with Crippen LogP contribution in [-0.4, -0.2) is 28.0 Å². The first-order valence-electron chi connectivity index (χ1n) is 4.90. The third-order valence-corrected chi connectivity index (χ3v) is 2.85. The Morgan fingerprint density at radius 2 is 2.17 bits per heavy atom. The minimum absolute atomic E-state index is 0.114. The summed E-state index contributed by atoms with van der Waals surface area (Å²) in [6.45, 7) is 3.95. The fraction of sp³-hybridized carbons (Fsp3) is 0.444. The number of hydrogen-bond donors (Lipinski definition) is 0. The Labute approximate surface area is 106 Å². The molecule has 9 heteroatoms. The van der Waals surface area contributed by atoms with Gasteiger partial charge < -0.3 is 4.74 Å². The minimum Gasteiger partial charge on any atom is -0.442 e. The predicted molar refractivity (Wildman–Crippen MR) is 63.2 cm³/mol. The average Bonchev–Trinajstić information content (AvgIpc) is 2.64. The van der Waals surface area contributed by atoms with Crippen molar-refractivity contribution >= 4 is 33.3 Å². The number of carbonyl (C=O) groups is 2. The van der Waals surface area contributed by atoms with Crippen LogP contribution in [0.5, 0.6) is 0 Å². The first kappa shape index (κ1) is 14.0. The van der Waals surface area contributed by atoms with E-state index in [1.807, 2.05) is 0 Å². The van der Waals surface area contributed by atoms with Crippen molar-refractivity contribution in [3.63, 3.8) is 0 Å². The minimum atomic E-state index is -0.870. The maximum Gasteiger partial charge on any atom is 0.345 e. The molecule has 98 valence electrons. The Morgan fingerprint density at radius 1 is 1.56 bits per heavy atom. The summed E-state index contributed by atoms with van der Waals surface area (Å²) < 4.78 is 4.86. The summed E-state index contributed by atoms with van der Waals surface area (Å²) in [5, 5.41) is 10.5. The molecule has 0 saturated heterocycles. The van der Waals surface area contributed by atoms with Gasteiger partial charge in [0.1, 0.15) is 6.20 Å². The van der Waals surface area contributed by atoms with Crippen LogP contribution in [-0.2, 0) is 14.3 Å². The molecule has 0 aliphatic heterocycles. The normalized spacial score (nSPS) is 11.7. The second-order valence-corrected chi connectivity index (χ2v) is 4.32. The number of amides is 1. The van der Waals surface area contributed by atoms with Crippen LogP contribution < -0.4 is 4.90 Å². The van der Waals surface area contributed by atoms with E-state index in [0.717, 1.165) is 22.4 Å².